The van der Waals surface area contributed by atoms with E-state index in [1.807, 2.05) is 24.3 Å². The maximum Gasteiger partial charge on any atom is 0.129 e. The molecule has 0 bridgehead atoms. The van der Waals surface area contributed by atoms with Crippen LogP contribution < -0.4 is 4.90 Å². The van der Waals surface area contributed by atoms with E-state index in [0.29, 0.717) is 0 Å². The number of hydrogen-bond donors (Lipinski definition) is 0. The number of benzene rings is 1. The molecular weight excluding hydrogens is 282 g/mol. The van der Waals surface area contributed by atoms with E-state index in [1.54, 1.807) is 12.2 Å². The van der Waals surface area contributed by atoms with Crippen LogP contribution in [0.4, 0.5) is 5.69 Å². The van der Waals surface area contributed by atoms with E-state index in [4.69, 9.17) is 10.5 Å². The SMILES string of the molecule is CN1C(=CC=CC=CC=C(C#N)C#N)C(C)(C)c2ccccc21. The van der Waals surface area contributed by atoms with Gasteiger partial charge in [0.2, 0.25) is 0 Å². The van der Waals surface area contributed by atoms with Crippen molar-refractivity contribution in [2.75, 3.05) is 11.9 Å². The fraction of sp³-hybridized carbons (Fsp3) is 0.200. The third-order valence-electron chi connectivity index (χ3n) is 4.03. The maximum atomic E-state index is 8.64. The molecule has 0 aliphatic carbocycles. The minimum absolute atomic E-state index is 0.0336. The fourth-order valence-electron chi connectivity index (χ4n) is 2.83. The summed E-state index contributed by atoms with van der Waals surface area (Å²) in [5, 5.41) is 17.3. The lowest BCUT2D eigenvalue weighted by molar-refractivity contribution is 0.640. The summed E-state index contributed by atoms with van der Waals surface area (Å²) in [6.07, 6.45) is 11.0. The summed E-state index contributed by atoms with van der Waals surface area (Å²) in [4.78, 5) is 2.22. The molecule has 0 spiro atoms. The summed E-state index contributed by atoms with van der Waals surface area (Å²) < 4.78 is 0. The van der Waals surface area contributed by atoms with Gasteiger partial charge in [0.15, 0.2) is 0 Å². The van der Waals surface area contributed by atoms with Crippen molar-refractivity contribution in [3.8, 4) is 12.1 Å². The molecule has 23 heavy (non-hydrogen) atoms. The monoisotopic (exact) mass is 301 g/mol. The van der Waals surface area contributed by atoms with Gasteiger partial charge in [-0.3, -0.25) is 0 Å². The van der Waals surface area contributed by atoms with Gasteiger partial charge in [-0.05, 0) is 23.8 Å². The molecular formula is C20H19N3. The summed E-state index contributed by atoms with van der Waals surface area (Å²) in [5.41, 5.74) is 3.86. The lowest BCUT2D eigenvalue weighted by atomic mass is 9.84. The van der Waals surface area contributed by atoms with Crippen molar-refractivity contribution in [1.82, 2.24) is 0 Å². The van der Waals surface area contributed by atoms with Crippen LogP contribution in [0.5, 0.6) is 0 Å². The molecule has 0 radical (unpaired) electrons. The first-order valence-corrected chi connectivity index (χ1v) is 7.41. The van der Waals surface area contributed by atoms with Crippen molar-refractivity contribution in [2.45, 2.75) is 19.3 Å². The summed E-state index contributed by atoms with van der Waals surface area (Å²) >= 11 is 0. The fourth-order valence-corrected chi connectivity index (χ4v) is 2.83. The predicted molar refractivity (Wildman–Crippen MR) is 93.5 cm³/mol. The Hall–Kier alpha value is -3.04. The summed E-state index contributed by atoms with van der Waals surface area (Å²) in [5.74, 6) is 0. The molecule has 1 heterocycles. The van der Waals surface area contributed by atoms with E-state index in [0.717, 1.165) is 0 Å². The Morgan fingerprint density at radius 2 is 1.70 bits per heavy atom. The Balaban J connectivity index is 2.18. The Kier molecular flexibility index (Phi) is 4.84. The Morgan fingerprint density at radius 1 is 1.04 bits per heavy atom. The third-order valence-corrected chi connectivity index (χ3v) is 4.03. The minimum atomic E-state index is -0.0336. The number of nitriles is 2. The maximum absolute atomic E-state index is 8.64. The highest BCUT2D eigenvalue weighted by molar-refractivity contribution is 5.70. The van der Waals surface area contributed by atoms with Crippen molar-refractivity contribution < 1.29 is 0 Å². The van der Waals surface area contributed by atoms with Crippen LogP contribution in [0.1, 0.15) is 19.4 Å². The van der Waals surface area contributed by atoms with Gasteiger partial charge in [-0.2, -0.15) is 10.5 Å². The van der Waals surface area contributed by atoms with Gasteiger partial charge in [0, 0.05) is 23.8 Å². The molecule has 0 fully saturated rings. The number of hydrogen-bond acceptors (Lipinski definition) is 3. The molecule has 3 nitrogen and oxygen atoms in total. The number of anilines is 1. The standard InChI is InChI=1S/C20H19N3/c1-20(2)17-11-8-9-12-18(17)23(3)19(20)13-7-5-4-6-10-16(14-21)15-22/h4-13H,1-3H3. The summed E-state index contributed by atoms with van der Waals surface area (Å²) in [6.45, 7) is 4.44. The molecule has 3 heteroatoms. The molecule has 0 saturated heterocycles. The van der Waals surface area contributed by atoms with Crippen LogP contribution in [-0.2, 0) is 5.41 Å². The molecule has 2 rings (SSSR count). The highest BCUT2D eigenvalue weighted by Gasteiger charge is 2.37. The van der Waals surface area contributed by atoms with Gasteiger partial charge in [-0.15, -0.1) is 0 Å². The largest absolute Gasteiger partial charge is 0.347 e. The van der Waals surface area contributed by atoms with Gasteiger partial charge < -0.3 is 4.90 Å². The zero-order valence-electron chi connectivity index (χ0n) is 13.6. The van der Waals surface area contributed by atoms with Crippen LogP contribution in [0.15, 0.2) is 72.0 Å². The van der Waals surface area contributed by atoms with E-state index in [9.17, 15) is 0 Å². The molecule has 114 valence electrons. The van der Waals surface area contributed by atoms with Gasteiger partial charge in [-0.25, -0.2) is 0 Å². The zero-order valence-corrected chi connectivity index (χ0v) is 13.6. The molecule has 0 amide bonds. The first-order chi connectivity index (χ1) is 11.0. The molecule has 1 aliphatic heterocycles. The normalized spacial score (nSPS) is 17.3. The van der Waals surface area contributed by atoms with Gasteiger partial charge >= 0.3 is 0 Å². The average molecular weight is 301 g/mol. The number of para-hydroxylation sites is 1. The van der Waals surface area contributed by atoms with Crippen LogP contribution in [0.3, 0.4) is 0 Å². The first-order valence-electron chi connectivity index (χ1n) is 7.41. The quantitative estimate of drug-likeness (QED) is 0.615. The lowest BCUT2D eigenvalue weighted by Gasteiger charge is -2.23. The van der Waals surface area contributed by atoms with E-state index in [1.165, 1.54) is 23.0 Å². The van der Waals surface area contributed by atoms with Gasteiger partial charge in [0.05, 0.1) is 0 Å². The summed E-state index contributed by atoms with van der Waals surface area (Å²) in [6, 6.07) is 12.1. The zero-order chi connectivity index (χ0) is 16.9. The topological polar surface area (TPSA) is 50.8 Å². The molecule has 0 N–H and O–H groups in total. The average Bonchev–Trinajstić information content (AvgIpc) is 2.75. The van der Waals surface area contributed by atoms with E-state index in [-0.39, 0.29) is 11.0 Å². The number of nitrogens with zero attached hydrogens (tertiary/aromatic N) is 3. The van der Waals surface area contributed by atoms with Gasteiger partial charge in [0.25, 0.3) is 0 Å². The number of allylic oxidation sites excluding steroid dienone is 8. The lowest BCUT2D eigenvalue weighted by Crippen LogP contribution is -2.22. The van der Waals surface area contributed by atoms with Crippen LogP contribution in [0.25, 0.3) is 0 Å². The van der Waals surface area contributed by atoms with Crippen LogP contribution in [0.2, 0.25) is 0 Å². The second kappa shape index (κ2) is 6.81. The molecule has 0 saturated carbocycles. The highest BCUT2D eigenvalue weighted by Crippen LogP contribution is 2.46. The van der Waals surface area contributed by atoms with E-state index >= 15 is 0 Å². The van der Waals surface area contributed by atoms with E-state index < -0.39 is 0 Å². The minimum Gasteiger partial charge on any atom is -0.347 e. The summed E-state index contributed by atoms with van der Waals surface area (Å²) in [7, 11) is 2.08. The van der Waals surface area contributed by atoms with Crippen LogP contribution in [-0.4, -0.2) is 7.05 Å². The second-order valence-electron chi connectivity index (χ2n) is 5.83. The van der Waals surface area contributed by atoms with Crippen LogP contribution >= 0.6 is 0 Å². The van der Waals surface area contributed by atoms with Crippen LogP contribution in [0, 0.1) is 22.7 Å². The molecule has 0 atom stereocenters. The van der Waals surface area contributed by atoms with Crippen molar-refractivity contribution in [3.63, 3.8) is 0 Å². The van der Waals surface area contributed by atoms with Crippen molar-refractivity contribution in [2.24, 2.45) is 0 Å². The molecule has 1 aliphatic rings. The Morgan fingerprint density at radius 3 is 2.35 bits per heavy atom. The second-order valence-corrected chi connectivity index (χ2v) is 5.83. The molecule has 1 aromatic carbocycles. The number of rotatable bonds is 3. The number of likely N-dealkylation sites (N-methyl/N-ethyl adjacent to an activating group) is 1. The predicted octanol–water partition coefficient (Wildman–Crippen LogP) is 4.38. The van der Waals surface area contributed by atoms with Gasteiger partial charge in [-0.1, -0.05) is 56.4 Å². The van der Waals surface area contributed by atoms with Crippen molar-refractivity contribution in [1.29, 1.82) is 10.5 Å². The van der Waals surface area contributed by atoms with Gasteiger partial charge in [0.1, 0.15) is 17.7 Å². The molecule has 1 aromatic rings. The van der Waals surface area contributed by atoms with Crippen molar-refractivity contribution in [3.05, 3.63) is 77.6 Å². The number of fused-ring (bicyclic) bond motifs is 1. The Labute approximate surface area is 137 Å². The molecule has 0 aromatic heterocycles. The smallest absolute Gasteiger partial charge is 0.129 e. The molecule has 0 unspecified atom stereocenters. The third kappa shape index (κ3) is 3.25. The van der Waals surface area contributed by atoms with Crippen molar-refractivity contribution >= 4 is 5.69 Å². The highest BCUT2D eigenvalue weighted by atomic mass is 15.2. The first kappa shape index (κ1) is 16.3. The Bertz CT molecular complexity index is 777. The van der Waals surface area contributed by atoms with E-state index in [2.05, 4.69) is 56.1 Å².